The fourth-order valence-corrected chi connectivity index (χ4v) is 3.00. The summed E-state index contributed by atoms with van der Waals surface area (Å²) in [4.78, 5) is 4.47. The number of benzene rings is 2. The van der Waals surface area contributed by atoms with Crippen LogP contribution in [-0.2, 0) is 0 Å². The topological polar surface area (TPSA) is 38.9 Å². The lowest BCUT2D eigenvalue weighted by Crippen LogP contribution is -2.14. The molecule has 0 saturated heterocycles. The predicted octanol–water partition coefficient (Wildman–Crippen LogP) is 3.89. The molecule has 19 heavy (non-hydrogen) atoms. The summed E-state index contributed by atoms with van der Waals surface area (Å²) < 4.78 is 1.18. The maximum Gasteiger partial charge on any atom is 0.0753 e. The molecule has 0 saturated carbocycles. The highest BCUT2D eigenvalue weighted by Crippen LogP contribution is 2.28. The van der Waals surface area contributed by atoms with E-state index in [1.54, 1.807) is 0 Å². The molecule has 3 aromatic rings. The van der Waals surface area contributed by atoms with Crippen LogP contribution in [0.5, 0.6) is 0 Å². The Balaban J connectivity index is 2.17. The van der Waals surface area contributed by atoms with Crippen LogP contribution in [0.3, 0.4) is 0 Å². The van der Waals surface area contributed by atoms with Crippen molar-refractivity contribution in [3.8, 4) is 0 Å². The number of pyridine rings is 1. The first-order chi connectivity index (χ1) is 9.27. The monoisotopic (exact) mass is 360 g/mol. The first kappa shape index (κ1) is 12.6. The number of nitrogens with zero attached hydrogens (tertiary/aromatic N) is 1. The average Bonchev–Trinajstić information content (AvgIpc) is 2.46. The van der Waals surface area contributed by atoms with Crippen molar-refractivity contribution in [3.05, 3.63) is 75.5 Å². The third-order valence-electron chi connectivity index (χ3n) is 3.24. The van der Waals surface area contributed by atoms with Gasteiger partial charge in [-0.05, 0) is 45.9 Å². The van der Waals surface area contributed by atoms with E-state index in [0.29, 0.717) is 0 Å². The Hall–Kier alpha value is -1.46. The maximum atomic E-state index is 6.44. The third kappa shape index (κ3) is 2.35. The highest BCUT2D eigenvalue weighted by molar-refractivity contribution is 14.1. The molecular weight excluding hydrogens is 347 g/mol. The van der Waals surface area contributed by atoms with Gasteiger partial charge in [0.2, 0.25) is 0 Å². The van der Waals surface area contributed by atoms with Gasteiger partial charge in [-0.1, -0.05) is 42.5 Å². The molecule has 2 N–H and O–H groups in total. The average molecular weight is 360 g/mol. The predicted molar refractivity (Wildman–Crippen MR) is 86.9 cm³/mol. The number of hydrogen-bond donors (Lipinski definition) is 1. The molecule has 2 nitrogen and oxygen atoms in total. The van der Waals surface area contributed by atoms with E-state index in [9.17, 15) is 0 Å². The molecule has 1 heterocycles. The largest absolute Gasteiger partial charge is 0.320 e. The van der Waals surface area contributed by atoms with E-state index in [4.69, 9.17) is 5.73 Å². The Labute approximate surface area is 125 Å². The minimum atomic E-state index is -0.147. The van der Waals surface area contributed by atoms with Crippen molar-refractivity contribution in [2.75, 3.05) is 0 Å². The van der Waals surface area contributed by atoms with Crippen LogP contribution in [0.1, 0.15) is 17.2 Å². The van der Waals surface area contributed by atoms with Gasteiger partial charge in [0.15, 0.2) is 0 Å². The van der Waals surface area contributed by atoms with Crippen LogP contribution in [0.4, 0.5) is 0 Å². The van der Waals surface area contributed by atoms with E-state index in [-0.39, 0.29) is 6.04 Å². The highest BCUT2D eigenvalue weighted by atomic mass is 127. The molecule has 0 aliphatic carbocycles. The van der Waals surface area contributed by atoms with Gasteiger partial charge in [-0.2, -0.15) is 0 Å². The summed E-state index contributed by atoms with van der Waals surface area (Å²) in [5.74, 6) is 0. The Bertz CT molecular complexity index is 719. The van der Waals surface area contributed by atoms with Gasteiger partial charge in [0.25, 0.3) is 0 Å². The Morgan fingerprint density at radius 2 is 1.63 bits per heavy atom. The summed E-state index contributed by atoms with van der Waals surface area (Å²) in [6.07, 6.45) is 1.81. The molecule has 1 unspecified atom stereocenters. The van der Waals surface area contributed by atoms with Crippen LogP contribution < -0.4 is 5.73 Å². The number of fused-ring (bicyclic) bond motifs is 1. The van der Waals surface area contributed by atoms with Crippen LogP contribution in [0.25, 0.3) is 10.9 Å². The van der Waals surface area contributed by atoms with Gasteiger partial charge in [-0.25, -0.2) is 0 Å². The second kappa shape index (κ2) is 5.27. The first-order valence-electron chi connectivity index (χ1n) is 6.11. The van der Waals surface area contributed by atoms with E-state index in [1.807, 2.05) is 30.5 Å². The van der Waals surface area contributed by atoms with Crippen molar-refractivity contribution in [3.63, 3.8) is 0 Å². The molecule has 3 heteroatoms. The molecule has 1 aromatic heterocycles. The van der Waals surface area contributed by atoms with E-state index in [2.05, 4.69) is 57.9 Å². The van der Waals surface area contributed by atoms with Gasteiger partial charge in [-0.15, -0.1) is 0 Å². The molecule has 0 bridgehead atoms. The quantitative estimate of drug-likeness (QED) is 0.705. The Morgan fingerprint density at radius 3 is 2.47 bits per heavy atom. The van der Waals surface area contributed by atoms with Crippen molar-refractivity contribution in [1.29, 1.82) is 0 Å². The summed E-state index contributed by atoms with van der Waals surface area (Å²) in [7, 11) is 0. The number of halogens is 1. The van der Waals surface area contributed by atoms with Crippen LogP contribution >= 0.6 is 22.6 Å². The van der Waals surface area contributed by atoms with Crippen LogP contribution in [0.15, 0.2) is 60.8 Å². The van der Waals surface area contributed by atoms with Crippen LogP contribution in [0, 0.1) is 3.57 Å². The SMILES string of the molecule is NC(c1ccccc1I)c1cccc2cccnc12. The van der Waals surface area contributed by atoms with E-state index >= 15 is 0 Å². The smallest absolute Gasteiger partial charge is 0.0753 e. The first-order valence-corrected chi connectivity index (χ1v) is 7.19. The minimum absolute atomic E-state index is 0.147. The number of para-hydroxylation sites is 1. The fourth-order valence-electron chi connectivity index (χ4n) is 2.27. The molecule has 0 radical (unpaired) electrons. The normalized spacial score (nSPS) is 12.5. The Kier molecular flexibility index (Phi) is 3.48. The molecule has 0 amide bonds. The summed E-state index contributed by atoms with van der Waals surface area (Å²) in [6.45, 7) is 0. The lowest BCUT2D eigenvalue weighted by atomic mass is 9.97. The van der Waals surface area contributed by atoms with E-state index in [1.165, 1.54) is 3.57 Å². The van der Waals surface area contributed by atoms with Crippen molar-refractivity contribution in [2.24, 2.45) is 5.73 Å². The summed E-state index contributed by atoms with van der Waals surface area (Å²) >= 11 is 2.33. The van der Waals surface area contributed by atoms with Crippen LogP contribution in [-0.4, -0.2) is 4.98 Å². The zero-order chi connectivity index (χ0) is 13.2. The lowest BCUT2D eigenvalue weighted by Gasteiger charge is -2.16. The van der Waals surface area contributed by atoms with Gasteiger partial charge >= 0.3 is 0 Å². The second-order valence-corrected chi connectivity index (χ2v) is 5.58. The summed E-state index contributed by atoms with van der Waals surface area (Å²) in [5.41, 5.74) is 9.63. The zero-order valence-electron chi connectivity index (χ0n) is 10.3. The standard InChI is InChI=1S/C16H13IN2/c17-14-9-2-1-7-12(14)15(18)13-8-3-5-11-6-4-10-19-16(11)13/h1-10,15H,18H2. The molecule has 0 aliphatic heterocycles. The number of rotatable bonds is 2. The van der Waals surface area contributed by atoms with Crippen molar-refractivity contribution < 1.29 is 0 Å². The molecule has 0 aliphatic rings. The second-order valence-electron chi connectivity index (χ2n) is 4.42. The minimum Gasteiger partial charge on any atom is -0.320 e. The third-order valence-corrected chi connectivity index (χ3v) is 4.22. The number of aromatic nitrogens is 1. The highest BCUT2D eigenvalue weighted by Gasteiger charge is 2.14. The van der Waals surface area contributed by atoms with Gasteiger partial charge in [0, 0.05) is 15.2 Å². The lowest BCUT2D eigenvalue weighted by molar-refractivity contribution is 0.871. The van der Waals surface area contributed by atoms with Gasteiger partial charge in [0.1, 0.15) is 0 Å². The molecule has 0 fully saturated rings. The molecule has 0 spiro atoms. The number of hydrogen-bond acceptors (Lipinski definition) is 2. The van der Waals surface area contributed by atoms with Gasteiger partial charge < -0.3 is 5.73 Å². The molecular formula is C16H13IN2. The van der Waals surface area contributed by atoms with E-state index in [0.717, 1.165) is 22.0 Å². The van der Waals surface area contributed by atoms with Gasteiger partial charge in [-0.3, -0.25) is 4.98 Å². The molecule has 3 rings (SSSR count). The maximum absolute atomic E-state index is 6.44. The summed E-state index contributed by atoms with van der Waals surface area (Å²) in [5, 5.41) is 1.13. The Morgan fingerprint density at radius 1 is 0.895 bits per heavy atom. The van der Waals surface area contributed by atoms with Crippen molar-refractivity contribution >= 4 is 33.5 Å². The van der Waals surface area contributed by atoms with E-state index < -0.39 is 0 Å². The molecule has 2 aromatic carbocycles. The zero-order valence-corrected chi connectivity index (χ0v) is 12.4. The summed E-state index contributed by atoms with van der Waals surface area (Å²) in [6, 6.07) is 18.2. The van der Waals surface area contributed by atoms with Crippen LogP contribution in [0.2, 0.25) is 0 Å². The molecule has 94 valence electrons. The van der Waals surface area contributed by atoms with Crippen molar-refractivity contribution in [2.45, 2.75) is 6.04 Å². The molecule has 1 atom stereocenters. The number of nitrogens with two attached hydrogens (primary N) is 1. The van der Waals surface area contributed by atoms with Gasteiger partial charge in [0.05, 0.1) is 11.6 Å². The van der Waals surface area contributed by atoms with Crippen molar-refractivity contribution in [1.82, 2.24) is 4.98 Å². The fraction of sp³-hybridized carbons (Fsp3) is 0.0625.